The molecule has 1 aliphatic heterocycles. The van der Waals surface area contributed by atoms with Gasteiger partial charge >= 0.3 is 0 Å². The highest BCUT2D eigenvalue weighted by atomic mass is 16.2. The Bertz CT molecular complexity index is 586. The molecule has 1 heterocycles. The minimum atomic E-state index is -0.292. The molecule has 1 aromatic carbocycles. The SMILES string of the molecule is C=C1CN(C(C)C)C(=O)[C@@](CC)(CCC)C1Cc1ccc(C)cc1. The van der Waals surface area contributed by atoms with E-state index in [1.165, 1.54) is 16.7 Å². The Hall–Kier alpha value is -1.57. The molecule has 1 aliphatic rings. The van der Waals surface area contributed by atoms with E-state index in [1.54, 1.807) is 0 Å². The first-order chi connectivity index (χ1) is 11.4. The molecule has 0 spiro atoms. The molecule has 0 bridgehead atoms. The second kappa shape index (κ2) is 7.55. The van der Waals surface area contributed by atoms with Gasteiger partial charge in [-0.1, -0.05) is 62.2 Å². The average molecular weight is 328 g/mol. The molecule has 0 aromatic heterocycles. The molecule has 2 rings (SSSR count). The Balaban J connectivity index is 2.40. The lowest BCUT2D eigenvalue weighted by Gasteiger charge is -2.49. The van der Waals surface area contributed by atoms with E-state index >= 15 is 0 Å². The number of nitrogens with zero attached hydrogens (tertiary/aromatic N) is 1. The monoisotopic (exact) mass is 327 g/mol. The summed E-state index contributed by atoms with van der Waals surface area (Å²) in [4.78, 5) is 15.4. The maximum atomic E-state index is 13.4. The number of rotatable bonds is 6. The molecule has 1 unspecified atom stereocenters. The van der Waals surface area contributed by atoms with E-state index in [1.807, 2.05) is 4.90 Å². The van der Waals surface area contributed by atoms with Gasteiger partial charge in [-0.05, 0) is 51.5 Å². The molecule has 1 fully saturated rings. The van der Waals surface area contributed by atoms with Crippen molar-refractivity contribution in [2.45, 2.75) is 66.3 Å². The van der Waals surface area contributed by atoms with Gasteiger partial charge in [-0.25, -0.2) is 0 Å². The number of amides is 1. The summed E-state index contributed by atoms with van der Waals surface area (Å²) in [6, 6.07) is 8.97. The molecule has 2 atom stereocenters. The lowest BCUT2D eigenvalue weighted by molar-refractivity contribution is -0.151. The van der Waals surface area contributed by atoms with Crippen LogP contribution in [0.3, 0.4) is 0 Å². The van der Waals surface area contributed by atoms with Crippen LogP contribution in [0, 0.1) is 18.3 Å². The summed E-state index contributed by atoms with van der Waals surface area (Å²) in [5, 5.41) is 0. The van der Waals surface area contributed by atoms with E-state index in [4.69, 9.17) is 0 Å². The average Bonchev–Trinajstić information content (AvgIpc) is 2.55. The Kier molecular flexibility index (Phi) is 5.90. The third-order valence-corrected chi connectivity index (χ3v) is 5.73. The van der Waals surface area contributed by atoms with Crippen molar-refractivity contribution in [3.63, 3.8) is 0 Å². The lowest BCUT2D eigenvalue weighted by atomic mass is 9.62. The maximum Gasteiger partial charge on any atom is 0.229 e. The van der Waals surface area contributed by atoms with Gasteiger partial charge in [0.05, 0.1) is 5.41 Å². The quantitative estimate of drug-likeness (QED) is 0.661. The Labute approximate surface area is 147 Å². The summed E-state index contributed by atoms with van der Waals surface area (Å²) in [6.45, 7) is 15.8. The number of carbonyl (C=O) groups excluding carboxylic acids is 1. The molecular formula is C22H33NO. The largest absolute Gasteiger partial charge is 0.336 e. The Morgan fingerprint density at radius 1 is 1.25 bits per heavy atom. The Morgan fingerprint density at radius 2 is 1.88 bits per heavy atom. The number of aryl methyl sites for hydroxylation is 1. The van der Waals surface area contributed by atoms with E-state index in [0.29, 0.717) is 12.5 Å². The van der Waals surface area contributed by atoms with Crippen molar-refractivity contribution in [2.75, 3.05) is 6.54 Å². The summed E-state index contributed by atoms with van der Waals surface area (Å²) in [5.74, 6) is 0.582. The normalized spacial score (nSPS) is 24.8. The van der Waals surface area contributed by atoms with Crippen molar-refractivity contribution < 1.29 is 4.79 Å². The number of benzene rings is 1. The van der Waals surface area contributed by atoms with Crippen LogP contribution < -0.4 is 0 Å². The highest BCUT2D eigenvalue weighted by Crippen LogP contribution is 2.47. The van der Waals surface area contributed by atoms with Gasteiger partial charge in [0.2, 0.25) is 5.91 Å². The van der Waals surface area contributed by atoms with E-state index in [2.05, 4.69) is 65.5 Å². The number of carbonyl (C=O) groups is 1. The van der Waals surface area contributed by atoms with Crippen LogP contribution in [0.2, 0.25) is 0 Å². The number of hydrogen-bond donors (Lipinski definition) is 0. The molecule has 0 radical (unpaired) electrons. The van der Waals surface area contributed by atoms with Crippen molar-refractivity contribution in [1.29, 1.82) is 0 Å². The summed E-state index contributed by atoms with van der Waals surface area (Å²) in [7, 11) is 0. The molecule has 2 nitrogen and oxygen atoms in total. The second-order valence-corrected chi connectivity index (χ2v) is 7.69. The standard InChI is InChI=1S/C22H33NO/c1-7-13-22(8-2)20(14-19-11-9-17(5)10-12-19)18(6)15-23(16(3)4)21(22)24/h9-12,16,20H,6-8,13-15H2,1-5H3/t20?,22-/m0/s1. The van der Waals surface area contributed by atoms with Crippen LogP contribution in [0.1, 0.15) is 58.1 Å². The van der Waals surface area contributed by atoms with Crippen molar-refractivity contribution in [3.8, 4) is 0 Å². The molecule has 1 aromatic rings. The topological polar surface area (TPSA) is 20.3 Å². The van der Waals surface area contributed by atoms with Crippen LogP contribution in [-0.4, -0.2) is 23.4 Å². The fraction of sp³-hybridized carbons (Fsp3) is 0.591. The van der Waals surface area contributed by atoms with Gasteiger partial charge in [-0.2, -0.15) is 0 Å². The van der Waals surface area contributed by atoms with Crippen LogP contribution >= 0.6 is 0 Å². The van der Waals surface area contributed by atoms with Gasteiger partial charge in [0.15, 0.2) is 0 Å². The van der Waals surface area contributed by atoms with Crippen molar-refractivity contribution in [1.82, 2.24) is 4.90 Å². The van der Waals surface area contributed by atoms with Crippen molar-refractivity contribution in [2.24, 2.45) is 11.3 Å². The Morgan fingerprint density at radius 3 is 2.38 bits per heavy atom. The number of hydrogen-bond acceptors (Lipinski definition) is 1. The lowest BCUT2D eigenvalue weighted by Crippen LogP contribution is -2.56. The van der Waals surface area contributed by atoms with Crippen molar-refractivity contribution in [3.05, 3.63) is 47.5 Å². The minimum absolute atomic E-state index is 0.234. The molecule has 2 heteroatoms. The fourth-order valence-corrected chi connectivity index (χ4v) is 4.24. The first-order valence-electron chi connectivity index (χ1n) is 9.40. The number of likely N-dealkylation sites (tertiary alicyclic amines) is 1. The molecule has 1 saturated heterocycles. The van der Waals surface area contributed by atoms with Crippen LogP contribution in [0.15, 0.2) is 36.4 Å². The van der Waals surface area contributed by atoms with E-state index in [9.17, 15) is 4.79 Å². The van der Waals surface area contributed by atoms with Crippen LogP contribution in [0.25, 0.3) is 0 Å². The highest BCUT2D eigenvalue weighted by molar-refractivity contribution is 5.85. The molecule has 0 saturated carbocycles. The van der Waals surface area contributed by atoms with Gasteiger partial charge in [-0.3, -0.25) is 4.79 Å². The zero-order valence-electron chi connectivity index (χ0n) is 16.1. The smallest absolute Gasteiger partial charge is 0.229 e. The molecular weight excluding hydrogens is 294 g/mol. The predicted molar refractivity (Wildman–Crippen MR) is 102 cm³/mol. The number of piperidine rings is 1. The predicted octanol–water partition coefficient (Wildman–Crippen LogP) is 5.16. The summed E-state index contributed by atoms with van der Waals surface area (Å²) >= 11 is 0. The van der Waals surface area contributed by atoms with Gasteiger partial charge in [0, 0.05) is 12.6 Å². The van der Waals surface area contributed by atoms with Crippen LogP contribution in [0.4, 0.5) is 0 Å². The zero-order valence-corrected chi connectivity index (χ0v) is 16.1. The minimum Gasteiger partial charge on any atom is -0.336 e. The van der Waals surface area contributed by atoms with Crippen molar-refractivity contribution >= 4 is 5.91 Å². The fourth-order valence-electron chi connectivity index (χ4n) is 4.24. The highest BCUT2D eigenvalue weighted by Gasteiger charge is 2.50. The molecule has 0 aliphatic carbocycles. The molecule has 132 valence electrons. The third-order valence-electron chi connectivity index (χ3n) is 5.73. The third kappa shape index (κ3) is 3.43. The van der Waals surface area contributed by atoms with E-state index in [-0.39, 0.29) is 17.4 Å². The van der Waals surface area contributed by atoms with E-state index < -0.39 is 0 Å². The van der Waals surface area contributed by atoms with Gasteiger partial charge < -0.3 is 4.90 Å². The first-order valence-corrected chi connectivity index (χ1v) is 9.40. The zero-order chi connectivity index (χ0) is 17.9. The molecule has 24 heavy (non-hydrogen) atoms. The van der Waals surface area contributed by atoms with Crippen LogP contribution in [0.5, 0.6) is 0 Å². The van der Waals surface area contributed by atoms with Crippen LogP contribution in [-0.2, 0) is 11.2 Å². The van der Waals surface area contributed by atoms with Gasteiger partial charge in [0.1, 0.15) is 0 Å². The second-order valence-electron chi connectivity index (χ2n) is 7.69. The maximum absolute atomic E-state index is 13.4. The summed E-state index contributed by atoms with van der Waals surface area (Å²) in [5.41, 5.74) is 3.52. The van der Waals surface area contributed by atoms with Gasteiger partial charge in [-0.15, -0.1) is 0 Å². The summed E-state index contributed by atoms with van der Waals surface area (Å²) in [6.07, 6.45) is 3.79. The summed E-state index contributed by atoms with van der Waals surface area (Å²) < 4.78 is 0. The molecule has 0 N–H and O–H groups in total. The van der Waals surface area contributed by atoms with E-state index in [0.717, 1.165) is 25.7 Å². The van der Waals surface area contributed by atoms with Gasteiger partial charge in [0.25, 0.3) is 0 Å². The molecule has 1 amide bonds. The first kappa shape index (κ1) is 18.8.